The zero-order chi connectivity index (χ0) is 14.7. The Morgan fingerprint density at radius 2 is 2.05 bits per heavy atom. The number of pyridine rings is 1. The molecule has 0 amide bonds. The molecule has 0 aliphatic heterocycles. The molecule has 1 N–H and O–H groups in total. The SMILES string of the molecule is CCCOc1ccc2nc3c(c(NCC)c2c1)CCCC3. The molecule has 0 spiro atoms. The molecular formula is C18H24N2O. The number of anilines is 1. The van der Waals surface area contributed by atoms with Gasteiger partial charge in [-0.15, -0.1) is 0 Å². The van der Waals surface area contributed by atoms with Gasteiger partial charge in [-0.1, -0.05) is 6.92 Å². The number of benzene rings is 1. The highest BCUT2D eigenvalue weighted by Crippen LogP contribution is 2.34. The number of fused-ring (bicyclic) bond motifs is 2. The Labute approximate surface area is 126 Å². The molecule has 3 heteroatoms. The van der Waals surface area contributed by atoms with E-state index >= 15 is 0 Å². The molecule has 0 bridgehead atoms. The molecule has 3 rings (SSSR count). The molecule has 1 aromatic heterocycles. The Morgan fingerprint density at radius 1 is 1.19 bits per heavy atom. The molecule has 0 saturated carbocycles. The van der Waals surface area contributed by atoms with E-state index in [4.69, 9.17) is 9.72 Å². The van der Waals surface area contributed by atoms with E-state index in [0.717, 1.165) is 43.7 Å². The third-order valence-electron chi connectivity index (χ3n) is 4.06. The van der Waals surface area contributed by atoms with E-state index in [0.29, 0.717) is 0 Å². The minimum Gasteiger partial charge on any atom is -0.494 e. The zero-order valence-corrected chi connectivity index (χ0v) is 13.0. The normalized spacial score (nSPS) is 14.0. The molecule has 0 saturated heterocycles. The van der Waals surface area contributed by atoms with Gasteiger partial charge in [0.1, 0.15) is 5.75 Å². The second kappa shape index (κ2) is 6.33. The van der Waals surface area contributed by atoms with E-state index in [1.54, 1.807) is 0 Å². The van der Waals surface area contributed by atoms with Crippen molar-refractivity contribution in [3.05, 3.63) is 29.5 Å². The number of rotatable bonds is 5. The van der Waals surface area contributed by atoms with Gasteiger partial charge in [0, 0.05) is 23.3 Å². The van der Waals surface area contributed by atoms with E-state index in [-0.39, 0.29) is 0 Å². The summed E-state index contributed by atoms with van der Waals surface area (Å²) in [6.45, 7) is 5.98. The predicted molar refractivity (Wildman–Crippen MR) is 88.3 cm³/mol. The van der Waals surface area contributed by atoms with Gasteiger partial charge in [0.25, 0.3) is 0 Å². The van der Waals surface area contributed by atoms with Gasteiger partial charge < -0.3 is 10.1 Å². The van der Waals surface area contributed by atoms with E-state index in [1.807, 2.05) is 6.07 Å². The molecule has 3 nitrogen and oxygen atoms in total. The minimum absolute atomic E-state index is 0.764. The van der Waals surface area contributed by atoms with Crippen molar-refractivity contribution in [1.82, 2.24) is 4.98 Å². The third-order valence-corrected chi connectivity index (χ3v) is 4.06. The van der Waals surface area contributed by atoms with Crippen LogP contribution in [0.15, 0.2) is 18.2 Å². The van der Waals surface area contributed by atoms with Crippen molar-refractivity contribution < 1.29 is 4.74 Å². The largest absolute Gasteiger partial charge is 0.494 e. The van der Waals surface area contributed by atoms with E-state index < -0.39 is 0 Å². The zero-order valence-electron chi connectivity index (χ0n) is 13.0. The Morgan fingerprint density at radius 3 is 2.86 bits per heavy atom. The number of ether oxygens (including phenoxy) is 1. The lowest BCUT2D eigenvalue weighted by atomic mass is 9.92. The number of hydrogen-bond acceptors (Lipinski definition) is 3. The predicted octanol–water partition coefficient (Wildman–Crippen LogP) is 4.33. The molecule has 0 fully saturated rings. The lowest BCUT2D eigenvalue weighted by molar-refractivity contribution is 0.318. The summed E-state index contributed by atoms with van der Waals surface area (Å²) in [5.74, 6) is 0.945. The second-order valence-electron chi connectivity index (χ2n) is 5.68. The topological polar surface area (TPSA) is 34.1 Å². The Kier molecular flexibility index (Phi) is 4.28. The summed E-state index contributed by atoms with van der Waals surface area (Å²) in [5, 5.41) is 4.77. The van der Waals surface area contributed by atoms with Crippen molar-refractivity contribution in [2.45, 2.75) is 46.0 Å². The fourth-order valence-electron chi connectivity index (χ4n) is 3.09. The number of aromatic nitrogens is 1. The molecule has 112 valence electrons. The van der Waals surface area contributed by atoms with Gasteiger partial charge in [0.15, 0.2) is 0 Å². The summed E-state index contributed by atoms with van der Waals surface area (Å²) in [6, 6.07) is 6.27. The van der Waals surface area contributed by atoms with Crippen LogP contribution in [0, 0.1) is 0 Å². The van der Waals surface area contributed by atoms with Crippen LogP contribution >= 0.6 is 0 Å². The van der Waals surface area contributed by atoms with Gasteiger partial charge in [-0.25, -0.2) is 0 Å². The number of hydrogen-bond donors (Lipinski definition) is 1. The van der Waals surface area contributed by atoms with Crippen LogP contribution < -0.4 is 10.1 Å². The van der Waals surface area contributed by atoms with Gasteiger partial charge in [0.05, 0.1) is 12.1 Å². The summed E-state index contributed by atoms with van der Waals surface area (Å²) < 4.78 is 5.78. The average molecular weight is 284 g/mol. The molecule has 1 heterocycles. The van der Waals surface area contributed by atoms with Crippen LogP contribution in [0.25, 0.3) is 10.9 Å². The smallest absolute Gasteiger partial charge is 0.120 e. The Hall–Kier alpha value is -1.77. The van der Waals surface area contributed by atoms with E-state index in [9.17, 15) is 0 Å². The van der Waals surface area contributed by atoms with Crippen molar-refractivity contribution in [3.8, 4) is 5.75 Å². The monoisotopic (exact) mass is 284 g/mol. The van der Waals surface area contributed by atoms with Crippen LogP contribution in [0.2, 0.25) is 0 Å². The first kappa shape index (κ1) is 14.2. The first-order valence-corrected chi connectivity index (χ1v) is 8.15. The second-order valence-corrected chi connectivity index (χ2v) is 5.68. The van der Waals surface area contributed by atoms with Crippen molar-refractivity contribution in [3.63, 3.8) is 0 Å². The Bertz CT molecular complexity index is 637. The van der Waals surface area contributed by atoms with Crippen LogP contribution in [-0.2, 0) is 12.8 Å². The molecule has 1 aliphatic carbocycles. The highest BCUT2D eigenvalue weighted by Gasteiger charge is 2.18. The summed E-state index contributed by atoms with van der Waals surface area (Å²) in [7, 11) is 0. The van der Waals surface area contributed by atoms with Crippen LogP contribution in [0.5, 0.6) is 5.75 Å². The highest BCUT2D eigenvalue weighted by atomic mass is 16.5. The van der Waals surface area contributed by atoms with E-state index in [2.05, 4.69) is 31.3 Å². The minimum atomic E-state index is 0.764. The fourth-order valence-corrected chi connectivity index (χ4v) is 3.09. The molecular weight excluding hydrogens is 260 g/mol. The van der Waals surface area contributed by atoms with Crippen molar-refractivity contribution in [2.24, 2.45) is 0 Å². The van der Waals surface area contributed by atoms with Crippen LogP contribution in [0.4, 0.5) is 5.69 Å². The van der Waals surface area contributed by atoms with Gasteiger partial charge >= 0.3 is 0 Å². The lowest BCUT2D eigenvalue weighted by Crippen LogP contribution is -2.11. The van der Waals surface area contributed by atoms with E-state index in [1.165, 1.54) is 35.2 Å². The maximum atomic E-state index is 5.78. The molecule has 0 unspecified atom stereocenters. The summed E-state index contributed by atoms with van der Waals surface area (Å²) in [4.78, 5) is 4.88. The van der Waals surface area contributed by atoms with Gasteiger partial charge in [-0.2, -0.15) is 0 Å². The maximum absolute atomic E-state index is 5.78. The lowest BCUT2D eigenvalue weighted by Gasteiger charge is -2.21. The molecule has 1 aromatic carbocycles. The molecule has 0 atom stereocenters. The van der Waals surface area contributed by atoms with Crippen molar-refractivity contribution in [2.75, 3.05) is 18.5 Å². The standard InChI is InChI=1S/C18H24N2O/c1-3-11-21-13-9-10-17-15(12-13)18(19-4-2)14-7-5-6-8-16(14)20-17/h9-10,12H,3-8,11H2,1-2H3,(H,19,20). The first-order chi connectivity index (χ1) is 10.3. The van der Waals surface area contributed by atoms with Gasteiger partial charge in [-0.3, -0.25) is 4.98 Å². The first-order valence-electron chi connectivity index (χ1n) is 8.15. The quantitative estimate of drug-likeness (QED) is 0.887. The number of nitrogens with one attached hydrogen (secondary N) is 1. The number of nitrogens with zero attached hydrogens (tertiary/aromatic N) is 1. The fraction of sp³-hybridized carbons (Fsp3) is 0.500. The highest BCUT2D eigenvalue weighted by molar-refractivity contribution is 5.94. The van der Waals surface area contributed by atoms with Crippen LogP contribution in [0.3, 0.4) is 0 Å². The summed E-state index contributed by atoms with van der Waals surface area (Å²) >= 11 is 0. The average Bonchev–Trinajstić information content (AvgIpc) is 2.53. The molecule has 2 aromatic rings. The number of aryl methyl sites for hydroxylation is 1. The molecule has 1 aliphatic rings. The molecule has 0 radical (unpaired) electrons. The summed E-state index contributed by atoms with van der Waals surface area (Å²) in [6.07, 6.45) is 5.80. The summed E-state index contributed by atoms with van der Waals surface area (Å²) in [5.41, 5.74) is 5.06. The maximum Gasteiger partial charge on any atom is 0.120 e. The van der Waals surface area contributed by atoms with Crippen molar-refractivity contribution >= 4 is 16.6 Å². The van der Waals surface area contributed by atoms with Gasteiger partial charge in [-0.05, 0) is 62.8 Å². The van der Waals surface area contributed by atoms with Crippen molar-refractivity contribution in [1.29, 1.82) is 0 Å². The van der Waals surface area contributed by atoms with Gasteiger partial charge in [0.2, 0.25) is 0 Å². The van der Waals surface area contributed by atoms with Crippen LogP contribution in [0.1, 0.15) is 44.4 Å². The Balaban J connectivity index is 2.12. The molecule has 21 heavy (non-hydrogen) atoms. The van der Waals surface area contributed by atoms with Crippen LogP contribution in [-0.4, -0.2) is 18.1 Å². The third kappa shape index (κ3) is 2.82.